The van der Waals surface area contributed by atoms with E-state index in [9.17, 15) is 4.79 Å². The Balaban J connectivity index is 2.20. The molecule has 4 nitrogen and oxygen atoms in total. The fourth-order valence-corrected chi connectivity index (χ4v) is 3.45. The van der Waals surface area contributed by atoms with Crippen LogP contribution in [-0.2, 0) is 0 Å². The third-order valence-electron chi connectivity index (χ3n) is 4.28. The molecule has 0 bridgehead atoms. The Bertz CT molecular complexity index is 1170. The Morgan fingerprint density at radius 3 is 2.92 bits per heavy atom. The minimum atomic E-state index is -0.177. The number of aromatic nitrogens is 3. The van der Waals surface area contributed by atoms with Crippen LogP contribution in [-0.4, -0.2) is 14.5 Å². The van der Waals surface area contributed by atoms with Crippen LogP contribution in [0.25, 0.3) is 33.7 Å². The normalized spacial score (nSPS) is 11.2. The second-order valence-corrected chi connectivity index (χ2v) is 6.56. The van der Waals surface area contributed by atoms with Gasteiger partial charge in [0, 0.05) is 9.86 Å². The zero-order chi connectivity index (χ0) is 16.8. The highest BCUT2D eigenvalue weighted by Crippen LogP contribution is 2.28. The van der Waals surface area contributed by atoms with Crippen LogP contribution in [0.15, 0.2) is 58.4 Å². The van der Waals surface area contributed by atoms with Gasteiger partial charge in [0.05, 0.1) is 28.4 Å². The van der Waals surface area contributed by atoms with Crippen LogP contribution in [0.1, 0.15) is 11.1 Å². The zero-order valence-corrected chi connectivity index (χ0v) is 14.6. The first-order chi connectivity index (χ1) is 11.6. The Hall–Kier alpha value is -2.66. The minimum absolute atomic E-state index is 0.177. The molecule has 2 aromatic carbocycles. The van der Waals surface area contributed by atoms with E-state index >= 15 is 0 Å². The lowest BCUT2D eigenvalue weighted by Crippen LogP contribution is -2.16. The lowest BCUT2D eigenvalue weighted by molar-refractivity contribution is 1.00. The number of nitrogens with one attached hydrogen (secondary N) is 1. The molecule has 0 saturated carbocycles. The van der Waals surface area contributed by atoms with Crippen LogP contribution in [0.2, 0.25) is 0 Å². The molecule has 0 aliphatic heterocycles. The molecule has 5 heteroatoms. The molecule has 24 heavy (non-hydrogen) atoms. The second-order valence-electron chi connectivity index (χ2n) is 5.64. The van der Waals surface area contributed by atoms with Gasteiger partial charge >= 0.3 is 5.69 Å². The summed E-state index contributed by atoms with van der Waals surface area (Å²) in [5.74, 6) is 0. The smallest absolute Gasteiger partial charge is 0.304 e. The van der Waals surface area contributed by atoms with E-state index in [1.54, 1.807) is 16.8 Å². The van der Waals surface area contributed by atoms with Crippen molar-refractivity contribution in [2.45, 2.75) is 6.92 Å². The van der Waals surface area contributed by atoms with Crippen molar-refractivity contribution in [3.05, 3.63) is 75.3 Å². The van der Waals surface area contributed by atoms with Gasteiger partial charge in [0.25, 0.3) is 0 Å². The van der Waals surface area contributed by atoms with Crippen LogP contribution >= 0.6 is 15.9 Å². The predicted molar refractivity (Wildman–Crippen MR) is 102 cm³/mol. The molecule has 0 saturated heterocycles. The number of rotatable bonds is 2. The van der Waals surface area contributed by atoms with Crippen molar-refractivity contribution in [2.75, 3.05) is 0 Å². The molecule has 4 aromatic rings. The summed E-state index contributed by atoms with van der Waals surface area (Å²) in [6.45, 7) is 5.85. The van der Waals surface area contributed by atoms with Gasteiger partial charge in [0.15, 0.2) is 0 Å². The minimum Gasteiger partial charge on any atom is -0.304 e. The SMILES string of the molecule is C=Cc1cccc(-n2c(=O)[nH]c3cnc4ccc(Br)cc4c32)c1C. The van der Waals surface area contributed by atoms with Crippen molar-refractivity contribution in [2.24, 2.45) is 0 Å². The van der Waals surface area contributed by atoms with Crippen molar-refractivity contribution >= 4 is 43.9 Å². The molecule has 0 aliphatic rings. The summed E-state index contributed by atoms with van der Waals surface area (Å²) < 4.78 is 2.66. The summed E-state index contributed by atoms with van der Waals surface area (Å²) in [6, 6.07) is 11.7. The average Bonchev–Trinajstić information content (AvgIpc) is 2.91. The number of hydrogen-bond acceptors (Lipinski definition) is 2. The Kier molecular flexibility index (Phi) is 3.39. The molecular weight excluding hydrogens is 366 g/mol. The zero-order valence-electron chi connectivity index (χ0n) is 13.0. The number of aromatic amines is 1. The lowest BCUT2D eigenvalue weighted by Gasteiger charge is -2.11. The van der Waals surface area contributed by atoms with Crippen LogP contribution < -0.4 is 5.69 Å². The monoisotopic (exact) mass is 379 g/mol. The summed E-state index contributed by atoms with van der Waals surface area (Å²) in [5.41, 5.74) is 5.07. The van der Waals surface area contributed by atoms with Gasteiger partial charge in [-0.1, -0.05) is 40.7 Å². The first-order valence-electron chi connectivity index (χ1n) is 7.51. The molecule has 0 atom stereocenters. The number of halogens is 1. The van der Waals surface area contributed by atoms with Crippen molar-refractivity contribution in [1.82, 2.24) is 14.5 Å². The Morgan fingerprint density at radius 1 is 1.29 bits per heavy atom. The van der Waals surface area contributed by atoms with E-state index in [1.807, 2.05) is 43.3 Å². The molecule has 0 fully saturated rings. The van der Waals surface area contributed by atoms with Gasteiger partial charge in [0.1, 0.15) is 0 Å². The summed E-state index contributed by atoms with van der Waals surface area (Å²) in [7, 11) is 0. The Labute approximate surface area is 146 Å². The van der Waals surface area contributed by atoms with Crippen LogP contribution in [0.5, 0.6) is 0 Å². The molecule has 0 amide bonds. The maximum atomic E-state index is 12.7. The predicted octanol–water partition coefficient (Wildman–Crippen LogP) is 4.58. The molecule has 2 heterocycles. The molecule has 0 spiro atoms. The number of H-pyrrole nitrogens is 1. The fourth-order valence-electron chi connectivity index (χ4n) is 3.09. The molecule has 118 valence electrons. The van der Waals surface area contributed by atoms with Gasteiger partial charge in [0.2, 0.25) is 0 Å². The fraction of sp³-hybridized carbons (Fsp3) is 0.0526. The van der Waals surface area contributed by atoms with Gasteiger partial charge in [-0.3, -0.25) is 9.55 Å². The van der Waals surface area contributed by atoms with E-state index in [2.05, 4.69) is 32.5 Å². The first-order valence-corrected chi connectivity index (χ1v) is 8.31. The second kappa shape index (κ2) is 5.46. The number of pyridine rings is 1. The number of imidazole rings is 1. The summed E-state index contributed by atoms with van der Waals surface area (Å²) >= 11 is 3.50. The highest BCUT2D eigenvalue weighted by molar-refractivity contribution is 9.10. The molecule has 1 N–H and O–H groups in total. The van der Waals surface area contributed by atoms with Crippen LogP contribution in [0.4, 0.5) is 0 Å². The Morgan fingerprint density at radius 2 is 2.12 bits per heavy atom. The average molecular weight is 380 g/mol. The molecular formula is C19H14BrN3O. The van der Waals surface area contributed by atoms with Gasteiger partial charge in [-0.05, 0) is 42.3 Å². The van der Waals surface area contributed by atoms with E-state index in [-0.39, 0.29) is 5.69 Å². The van der Waals surface area contributed by atoms with Gasteiger partial charge in [-0.25, -0.2) is 4.79 Å². The molecule has 2 aromatic heterocycles. The van der Waals surface area contributed by atoms with Gasteiger partial charge in [-0.15, -0.1) is 0 Å². The van der Waals surface area contributed by atoms with Crippen molar-refractivity contribution in [3.63, 3.8) is 0 Å². The van der Waals surface area contributed by atoms with E-state index in [0.717, 1.165) is 37.7 Å². The number of hydrogen-bond donors (Lipinski definition) is 1. The number of fused-ring (bicyclic) bond motifs is 3. The maximum Gasteiger partial charge on any atom is 0.331 e. The van der Waals surface area contributed by atoms with Crippen LogP contribution in [0, 0.1) is 6.92 Å². The topological polar surface area (TPSA) is 50.7 Å². The lowest BCUT2D eigenvalue weighted by atomic mass is 10.1. The largest absolute Gasteiger partial charge is 0.331 e. The van der Waals surface area contributed by atoms with Crippen molar-refractivity contribution < 1.29 is 0 Å². The highest BCUT2D eigenvalue weighted by Gasteiger charge is 2.15. The highest BCUT2D eigenvalue weighted by atomic mass is 79.9. The number of nitrogens with zero attached hydrogens (tertiary/aromatic N) is 2. The van der Waals surface area contributed by atoms with E-state index in [4.69, 9.17) is 0 Å². The van der Waals surface area contributed by atoms with Crippen LogP contribution in [0.3, 0.4) is 0 Å². The van der Waals surface area contributed by atoms with E-state index < -0.39 is 0 Å². The molecule has 0 aliphatic carbocycles. The summed E-state index contributed by atoms with van der Waals surface area (Å²) in [5, 5.41) is 0.920. The molecule has 0 unspecified atom stereocenters. The summed E-state index contributed by atoms with van der Waals surface area (Å²) in [4.78, 5) is 20.0. The maximum absolute atomic E-state index is 12.7. The molecule has 4 rings (SSSR count). The third kappa shape index (κ3) is 2.12. The first kappa shape index (κ1) is 14.9. The van der Waals surface area contributed by atoms with E-state index in [1.165, 1.54) is 0 Å². The van der Waals surface area contributed by atoms with Gasteiger partial charge < -0.3 is 4.98 Å². The number of benzene rings is 2. The van der Waals surface area contributed by atoms with Crippen molar-refractivity contribution in [1.29, 1.82) is 0 Å². The van der Waals surface area contributed by atoms with Gasteiger partial charge in [-0.2, -0.15) is 0 Å². The quantitative estimate of drug-likeness (QED) is 0.554. The molecule has 0 radical (unpaired) electrons. The van der Waals surface area contributed by atoms with Crippen molar-refractivity contribution in [3.8, 4) is 5.69 Å². The summed E-state index contributed by atoms with van der Waals surface area (Å²) in [6.07, 6.45) is 3.51. The van der Waals surface area contributed by atoms with E-state index in [0.29, 0.717) is 5.52 Å². The standard InChI is InChI=1S/C19H14BrN3O/c1-3-12-5-4-6-17(11(12)2)23-18-14-9-13(20)7-8-15(14)21-10-16(18)22-19(23)24/h3-10H,1H2,2H3,(H,22,24). The third-order valence-corrected chi connectivity index (χ3v) is 4.77.